The van der Waals surface area contributed by atoms with Gasteiger partial charge in [0, 0.05) is 16.8 Å². The lowest BCUT2D eigenvalue weighted by Gasteiger charge is -2.18. The van der Waals surface area contributed by atoms with Gasteiger partial charge in [0.25, 0.3) is 10.0 Å². The minimum atomic E-state index is -3.88. The number of aryl methyl sites for hydroxylation is 2. The van der Waals surface area contributed by atoms with Crippen LogP contribution in [0.2, 0.25) is 0 Å². The Hall–Kier alpha value is -3.51. The number of benzene rings is 4. The molecule has 164 valence electrons. The van der Waals surface area contributed by atoms with Crippen molar-refractivity contribution in [2.45, 2.75) is 32.6 Å². The molecule has 0 heterocycles. The summed E-state index contributed by atoms with van der Waals surface area (Å²) in [4.78, 5) is 0.262. The van der Waals surface area contributed by atoms with Gasteiger partial charge >= 0.3 is 0 Å². The van der Waals surface area contributed by atoms with Crippen molar-refractivity contribution in [2.24, 2.45) is 0 Å². The first kappa shape index (κ1) is 21.7. The molecular weight excluding hydrogens is 422 g/mol. The van der Waals surface area contributed by atoms with Crippen molar-refractivity contribution in [1.82, 2.24) is 0 Å². The number of phenolic OH excluding ortho intramolecular Hbond substituents is 2. The maximum Gasteiger partial charge on any atom is 0.262 e. The van der Waals surface area contributed by atoms with E-state index in [2.05, 4.69) is 4.72 Å². The van der Waals surface area contributed by atoms with Crippen molar-refractivity contribution in [3.8, 4) is 22.6 Å². The molecule has 32 heavy (non-hydrogen) atoms. The Morgan fingerprint density at radius 2 is 1.38 bits per heavy atom. The lowest BCUT2D eigenvalue weighted by molar-refractivity contribution is 0.470. The van der Waals surface area contributed by atoms with Gasteiger partial charge in [-0.3, -0.25) is 4.72 Å². The van der Waals surface area contributed by atoms with Crippen LogP contribution in [0.4, 0.5) is 5.69 Å². The molecule has 0 radical (unpaired) electrons. The molecule has 0 aromatic heterocycles. The first-order valence-electron chi connectivity index (χ1n) is 10.2. The molecule has 4 rings (SSSR count). The van der Waals surface area contributed by atoms with Gasteiger partial charge in [-0.15, -0.1) is 0 Å². The highest BCUT2D eigenvalue weighted by atomic mass is 32.2. The topological polar surface area (TPSA) is 86.6 Å². The molecule has 6 heteroatoms. The Bertz CT molecular complexity index is 1450. The molecule has 4 aromatic carbocycles. The highest BCUT2D eigenvalue weighted by Gasteiger charge is 2.23. The summed E-state index contributed by atoms with van der Waals surface area (Å²) >= 11 is 0. The maximum absolute atomic E-state index is 13.3. The minimum absolute atomic E-state index is 0.00000462. The fraction of sp³-hybridized carbons (Fsp3) is 0.154. The largest absolute Gasteiger partial charge is 0.507 e. The van der Waals surface area contributed by atoms with Crippen molar-refractivity contribution >= 4 is 26.5 Å². The summed E-state index contributed by atoms with van der Waals surface area (Å²) < 4.78 is 29.3. The Balaban J connectivity index is 1.85. The van der Waals surface area contributed by atoms with Crippen LogP contribution in [-0.2, 0) is 10.0 Å². The van der Waals surface area contributed by atoms with Crippen LogP contribution in [0.25, 0.3) is 21.9 Å². The zero-order chi connectivity index (χ0) is 23.2. The van der Waals surface area contributed by atoms with E-state index in [1.54, 1.807) is 32.0 Å². The summed E-state index contributed by atoms with van der Waals surface area (Å²) in [6, 6.07) is 17.3. The molecule has 0 aliphatic heterocycles. The van der Waals surface area contributed by atoms with Crippen molar-refractivity contribution in [3.63, 3.8) is 0 Å². The normalized spacial score (nSPS) is 11.6. The molecule has 0 saturated heterocycles. The highest BCUT2D eigenvalue weighted by molar-refractivity contribution is 7.92. The Labute approximate surface area is 188 Å². The van der Waals surface area contributed by atoms with Gasteiger partial charge in [-0.25, -0.2) is 8.42 Å². The summed E-state index contributed by atoms with van der Waals surface area (Å²) in [6.45, 7) is 7.38. The van der Waals surface area contributed by atoms with Gasteiger partial charge < -0.3 is 10.2 Å². The van der Waals surface area contributed by atoms with E-state index in [-0.39, 0.29) is 16.4 Å². The van der Waals surface area contributed by atoms with Crippen LogP contribution in [0.1, 0.15) is 22.3 Å². The average Bonchev–Trinajstić information content (AvgIpc) is 2.74. The van der Waals surface area contributed by atoms with Crippen LogP contribution in [0.3, 0.4) is 0 Å². The third-order valence-electron chi connectivity index (χ3n) is 5.99. The second-order valence-electron chi connectivity index (χ2n) is 8.11. The summed E-state index contributed by atoms with van der Waals surface area (Å²) in [6.07, 6.45) is 0. The minimum Gasteiger partial charge on any atom is -0.507 e. The fourth-order valence-electron chi connectivity index (χ4n) is 4.13. The number of rotatable bonds is 4. The summed E-state index contributed by atoms with van der Waals surface area (Å²) in [5.74, 6) is -0.0571. The lowest BCUT2D eigenvalue weighted by Crippen LogP contribution is -2.17. The van der Waals surface area contributed by atoms with E-state index in [9.17, 15) is 18.6 Å². The first-order chi connectivity index (χ1) is 15.1. The van der Waals surface area contributed by atoms with E-state index in [4.69, 9.17) is 0 Å². The van der Waals surface area contributed by atoms with Crippen LogP contribution in [0, 0.1) is 27.7 Å². The number of fused-ring (bicyclic) bond motifs is 1. The van der Waals surface area contributed by atoms with Crippen LogP contribution < -0.4 is 4.72 Å². The van der Waals surface area contributed by atoms with Gasteiger partial charge in [0.2, 0.25) is 0 Å². The maximum atomic E-state index is 13.3. The smallest absolute Gasteiger partial charge is 0.262 e. The van der Waals surface area contributed by atoms with Crippen LogP contribution >= 0.6 is 0 Å². The van der Waals surface area contributed by atoms with E-state index in [1.807, 2.05) is 44.2 Å². The van der Waals surface area contributed by atoms with Crippen molar-refractivity contribution in [2.75, 3.05) is 4.72 Å². The zero-order valence-corrected chi connectivity index (χ0v) is 19.2. The number of anilines is 1. The molecule has 0 unspecified atom stereocenters. The van der Waals surface area contributed by atoms with E-state index in [0.717, 1.165) is 21.9 Å². The molecule has 3 N–H and O–H groups in total. The second kappa shape index (κ2) is 7.88. The average molecular weight is 448 g/mol. The van der Waals surface area contributed by atoms with Gasteiger partial charge in [0.05, 0.1) is 4.90 Å². The molecule has 0 aliphatic rings. The molecule has 0 bridgehead atoms. The highest BCUT2D eigenvalue weighted by Crippen LogP contribution is 2.42. The molecular formula is C26H25NO4S. The number of phenols is 2. The van der Waals surface area contributed by atoms with E-state index < -0.39 is 10.0 Å². The monoisotopic (exact) mass is 447 g/mol. The first-order valence-corrected chi connectivity index (χ1v) is 11.7. The van der Waals surface area contributed by atoms with Crippen LogP contribution in [0.5, 0.6) is 11.5 Å². The molecule has 0 spiro atoms. The Morgan fingerprint density at radius 1 is 0.750 bits per heavy atom. The number of hydrogen-bond acceptors (Lipinski definition) is 4. The predicted octanol–water partition coefficient (Wildman–Crippen LogP) is 5.95. The van der Waals surface area contributed by atoms with Gasteiger partial charge in [-0.05, 0) is 85.0 Å². The molecule has 0 aliphatic carbocycles. The van der Waals surface area contributed by atoms with Crippen LogP contribution in [0.15, 0.2) is 65.6 Å². The fourth-order valence-corrected chi connectivity index (χ4v) is 5.80. The van der Waals surface area contributed by atoms with E-state index >= 15 is 0 Å². The quantitative estimate of drug-likeness (QED) is 0.337. The van der Waals surface area contributed by atoms with Gasteiger partial charge in [-0.2, -0.15) is 0 Å². The lowest BCUT2D eigenvalue weighted by atomic mass is 9.96. The number of nitrogens with one attached hydrogen (secondary N) is 1. The van der Waals surface area contributed by atoms with Gasteiger partial charge in [0.15, 0.2) is 0 Å². The summed E-state index contributed by atoms with van der Waals surface area (Å²) in [5, 5.41) is 22.8. The number of sulfonamides is 1. The zero-order valence-electron chi connectivity index (χ0n) is 18.4. The van der Waals surface area contributed by atoms with Crippen LogP contribution in [-0.4, -0.2) is 18.6 Å². The molecule has 4 aromatic rings. The Kier molecular flexibility index (Phi) is 5.34. The summed E-state index contributed by atoms with van der Waals surface area (Å²) in [5.41, 5.74) is 4.29. The Morgan fingerprint density at radius 3 is 2.06 bits per heavy atom. The van der Waals surface area contributed by atoms with Crippen molar-refractivity contribution in [1.29, 1.82) is 0 Å². The third-order valence-corrected chi connectivity index (χ3v) is 7.65. The van der Waals surface area contributed by atoms with Crippen molar-refractivity contribution in [3.05, 3.63) is 82.9 Å². The van der Waals surface area contributed by atoms with Gasteiger partial charge in [0.1, 0.15) is 11.5 Å². The summed E-state index contributed by atoms with van der Waals surface area (Å²) in [7, 11) is -3.88. The standard InChI is InChI=1S/C26H25NO4S/c1-15-13-16(2)18(4)26(17(15)3)32(30,31)27-20-10-12-23(28)22(14-20)25-21-8-6-5-7-19(21)9-11-24(25)29/h5-14,27-29H,1-4H3. The number of aromatic hydroxyl groups is 2. The van der Waals surface area contributed by atoms with E-state index in [1.165, 1.54) is 12.1 Å². The molecule has 5 nitrogen and oxygen atoms in total. The van der Waals surface area contributed by atoms with Crippen molar-refractivity contribution < 1.29 is 18.6 Å². The predicted molar refractivity (Wildman–Crippen MR) is 129 cm³/mol. The second-order valence-corrected chi connectivity index (χ2v) is 9.73. The molecule has 0 atom stereocenters. The SMILES string of the molecule is Cc1cc(C)c(C)c(S(=O)(=O)Nc2ccc(O)c(-c3c(O)ccc4ccccc34)c2)c1C. The van der Waals surface area contributed by atoms with E-state index in [0.29, 0.717) is 27.9 Å². The molecule has 0 saturated carbocycles. The third kappa shape index (κ3) is 3.67. The van der Waals surface area contributed by atoms with Gasteiger partial charge in [-0.1, -0.05) is 36.4 Å². The molecule has 0 fully saturated rings. The molecule has 0 amide bonds. The number of hydrogen-bond donors (Lipinski definition) is 3.